The van der Waals surface area contributed by atoms with Crippen LogP contribution in [0, 0.1) is 0 Å². The Morgan fingerprint density at radius 2 is 2.22 bits per heavy atom. The molecular formula is C5H5NO2S. The van der Waals surface area contributed by atoms with Gasteiger partial charge in [-0.15, -0.1) is 0 Å². The molecule has 1 fully saturated rings. The highest BCUT2D eigenvalue weighted by molar-refractivity contribution is 8.18. The van der Waals surface area contributed by atoms with Crippen LogP contribution in [0.1, 0.15) is 6.92 Å². The third kappa shape index (κ3) is 1.13. The van der Waals surface area contributed by atoms with Crippen LogP contribution in [-0.2, 0) is 4.79 Å². The molecule has 3 nitrogen and oxygen atoms in total. The predicted octanol–water partition coefficient (Wildman–Crippen LogP) is 0.873. The first-order valence-corrected chi connectivity index (χ1v) is 3.25. The van der Waals surface area contributed by atoms with Gasteiger partial charge in [0.25, 0.3) is 11.1 Å². The van der Waals surface area contributed by atoms with Crippen LogP contribution in [0.4, 0.5) is 4.79 Å². The van der Waals surface area contributed by atoms with Gasteiger partial charge in [-0.3, -0.25) is 14.9 Å². The van der Waals surface area contributed by atoms with Crippen molar-refractivity contribution in [2.24, 2.45) is 0 Å². The van der Waals surface area contributed by atoms with Gasteiger partial charge in [0.05, 0.1) is 4.91 Å². The van der Waals surface area contributed by atoms with Gasteiger partial charge in [0.2, 0.25) is 0 Å². The summed E-state index contributed by atoms with van der Waals surface area (Å²) in [7, 11) is 0. The molecule has 0 aliphatic carbocycles. The fourth-order valence-corrected chi connectivity index (χ4v) is 1.12. The van der Waals surface area contributed by atoms with E-state index in [9.17, 15) is 9.59 Å². The number of allylic oxidation sites excluding steroid dienone is 1. The zero-order chi connectivity index (χ0) is 6.85. The quantitative estimate of drug-likeness (QED) is 0.512. The molecule has 0 aromatic carbocycles. The normalized spacial score (nSPS) is 23.0. The van der Waals surface area contributed by atoms with Crippen molar-refractivity contribution < 1.29 is 9.59 Å². The zero-order valence-corrected chi connectivity index (χ0v) is 5.62. The molecule has 0 unspecified atom stereocenters. The second-order valence-corrected chi connectivity index (χ2v) is 2.51. The molecule has 0 aromatic heterocycles. The van der Waals surface area contributed by atoms with Crippen LogP contribution >= 0.6 is 11.8 Å². The molecule has 0 saturated carbocycles. The maximum Gasteiger partial charge on any atom is 0.290 e. The van der Waals surface area contributed by atoms with Crippen LogP contribution in [-0.4, -0.2) is 11.1 Å². The van der Waals surface area contributed by atoms with Crippen molar-refractivity contribution in [3.8, 4) is 0 Å². The van der Waals surface area contributed by atoms with Crippen molar-refractivity contribution in [3.63, 3.8) is 0 Å². The number of hydrogen-bond acceptors (Lipinski definition) is 3. The number of amides is 2. The van der Waals surface area contributed by atoms with Crippen molar-refractivity contribution in [2.45, 2.75) is 6.92 Å². The van der Waals surface area contributed by atoms with Gasteiger partial charge in [-0.2, -0.15) is 0 Å². The molecule has 0 atom stereocenters. The van der Waals surface area contributed by atoms with E-state index < -0.39 is 0 Å². The lowest BCUT2D eigenvalue weighted by atomic mass is 10.5. The SMILES string of the molecule is C/C=C1\SC(=O)NC1=O. The Morgan fingerprint density at radius 1 is 1.56 bits per heavy atom. The molecule has 9 heavy (non-hydrogen) atoms. The van der Waals surface area contributed by atoms with Crippen LogP contribution in [0.15, 0.2) is 11.0 Å². The lowest BCUT2D eigenvalue weighted by Gasteiger charge is -1.81. The van der Waals surface area contributed by atoms with E-state index >= 15 is 0 Å². The van der Waals surface area contributed by atoms with E-state index in [0.29, 0.717) is 4.91 Å². The first-order chi connectivity index (χ1) is 4.24. The summed E-state index contributed by atoms with van der Waals surface area (Å²) < 4.78 is 0. The topological polar surface area (TPSA) is 46.2 Å². The number of thioether (sulfide) groups is 1. The maximum absolute atomic E-state index is 10.6. The van der Waals surface area contributed by atoms with Gasteiger partial charge in [0.1, 0.15) is 0 Å². The second-order valence-electron chi connectivity index (χ2n) is 1.50. The molecule has 48 valence electrons. The summed E-state index contributed by atoms with van der Waals surface area (Å²) in [6, 6.07) is 0. The number of carbonyl (C=O) groups is 2. The maximum atomic E-state index is 10.6. The monoisotopic (exact) mass is 143 g/mol. The molecule has 1 rings (SSSR count). The molecule has 0 aromatic rings. The van der Waals surface area contributed by atoms with Crippen molar-refractivity contribution >= 4 is 22.9 Å². The summed E-state index contributed by atoms with van der Waals surface area (Å²) in [5.41, 5.74) is 0. The van der Waals surface area contributed by atoms with Crippen molar-refractivity contribution in [1.82, 2.24) is 5.32 Å². The first-order valence-electron chi connectivity index (χ1n) is 2.43. The third-order valence-corrected chi connectivity index (χ3v) is 1.83. The molecule has 0 bridgehead atoms. The van der Waals surface area contributed by atoms with Gasteiger partial charge in [-0.05, 0) is 18.7 Å². The van der Waals surface area contributed by atoms with Crippen molar-refractivity contribution in [3.05, 3.63) is 11.0 Å². The van der Waals surface area contributed by atoms with Crippen LogP contribution in [0.3, 0.4) is 0 Å². The van der Waals surface area contributed by atoms with Crippen LogP contribution in [0.2, 0.25) is 0 Å². The summed E-state index contributed by atoms with van der Waals surface area (Å²) in [4.78, 5) is 21.5. The highest BCUT2D eigenvalue weighted by Crippen LogP contribution is 2.21. The Balaban J connectivity index is 2.81. The Labute approximate surface area is 56.5 Å². The molecule has 4 heteroatoms. The minimum absolute atomic E-state index is 0.284. The molecule has 0 spiro atoms. The van der Waals surface area contributed by atoms with E-state index in [0.717, 1.165) is 11.8 Å². The average Bonchev–Trinajstić information content (AvgIpc) is 2.10. The molecule has 1 saturated heterocycles. The van der Waals surface area contributed by atoms with E-state index in [4.69, 9.17) is 0 Å². The summed E-state index contributed by atoms with van der Waals surface area (Å²) in [6.45, 7) is 1.72. The van der Waals surface area contributed by atoms with Gasteiger partial charge in [0, 0.05) is 0 Å². The molecular weight excluding hydrogens is 138 g/mol. The highest BCUT2D eigenvalue weighted by Gasteiger charge is 2.23. The highest BCUT2D eigenvalue weighted by atomic mass is 32.2. The molecule has 1 aliphatic rings. The predicted molar refractivity (Wildman–Crippen MR) is 34.9 cm³/mol. The summed E-state index contributed by atoms with van der Waals surface area (Å²) in [5.74, 6) is -0.285. The lowest BCUT2D eigenvalue weighted by molar-refractivity contribution is -0.115. The number of nitrogens with one attached hydrogen (secondary N) is 1. The Bertz CT molecular complexity index is 197. The van der Waals surface area contributed by atoms with Gasteiger partial charge in [-0.25, -0.2) is 0 Å². The van der Waals surface area contributed by atoms with Gasteiger partial charge in [0.15, 0.2) is 0 Å². The fourth-order valence-electron chi connectivity index (χ4n) is 0.516. The van der Waals surface area contributed by atoms with E-state index in [2.05, 4.69) is 5.32 Å². The number of imide groups is 1. The summed E-state index contributed by atoms with van der Waals surface area (Å²) in [6.07, 6.45) is 1.62. The fraction of sp³-hybridized carbons (Fsp3) is 0.200. The largest absolute Gasteiger partial charge is 0.290 e. The van der Waals surface area contributed by atoms with E-state index in [1.54, 1.807) is 13.0 Å². The molecule has 2 amide bonds. The minimum Gasteiger partial charge on any atom is -0.282 e. The summed E-state index contributed by atoms with van der Waals surface area (Å²) in [5, 5.41) is 1.85. The zero-order valence-electron chi connectivity index (χ0n) is 4.80. The number of hydrogen-bond donors (Lipinski definition) is 1. The van der Waals surface area contributed by atoms with E-state index in [-0.39, 0.29) is 11.1 Å². The van der Waals surface area contributed by atoms with Gasteiger partial charge >= 0.3 is 0 Å². The lowest BCUT2D eigenvalue weighted by Crippen LogP contribution is -2.17. The molecule has 1 aliphatic heterocycles. The van der Waals surface area contributed by atoms with Crippen LogP contribution in [0.5, 0.6) is 0 Å². The van der Waals surface area contributed by atoms with E-state index in [1.165, 1.54) is 0 Å². The molecule has 1 heterocycles. The van der Waals surface area contributed by atoms with Gasteiger partial charge in [-0.1, -0.05) is 6.08 Å². The number of rotatable bonds is 0. The Hall–Kier alpha value is -0.770. The van der Waals surface area contributed by atoms with Crippen LogP contribution < -0.4 is 5.32 Å². The standard InChI is InChI=1S/C5H5NO2S/c1-2-3-4(7)6-5(8)9-3/h2H,1H3,(H,6,7,8)/b3-2-. The van der Waals surface area contributed by atoms with Crippen LogP contribution in [0.25, 0.3) is 0 Å². The van der Waals surface area contributed by atoms with E-state index in [1.807, 2.05) is 0 Å². The first kappa shape index (κ1) is 6.35. The molecule has 1 N–H and O–H groups in total. The Morgan fingerprint density at radius 3 is 2.44 bits per heavy atom. The Kier molecular flexibility index (Phi) is 1.57. The summed E-state index contributed by atoms with van der Waals surface area (Å²) >= 11 is 0.935. The van der Waals surface area contributed by atoms with Crippen molar-refractivity contribution in [2.75, 3.05) is 0 Å². The molecule has 0 radical (unpaired) electrons. The minimum atomic E-state index is -0.285. The van der Waals surface area contributed by atoms with Gasteiger partial charge < -0.3 is 0 Å². The van der Waals surface area contributed by atoms with Crippen molar-refractivity contribution in [1.29, 1.82) is 0 Å². The average molecular weight is 143 g/mol. The number of carbonyl (C=O) groups excluding carboxylic acids is 2. The third-order valence-electron chi connectivity index (χ3n) is 0.904. The second kappa shape index (κ2) is 2.23. The smallest absolute Gasteiger partial charge is 0.282 e.